The molecule has 31 heavy (non-hydrogen) atoms. The number of rotatable bonds is 14. The molecule has 0 saturated heterocycles. The summed E-state index contributed by atoms with van der Waals surface area (Å²) in [6, 6.07) is 0. The Kier molecular flexibility index (Phi) is 11.5. The molecule has 0 radical (unpaired) electrons. The maximum Gasteiger partial charge on any atom is 0.336 e. The van der Waals surface area contributed by atoms with Crippen molar-refractivity contribution in [2.75, 3.05) is 6.61 Å². The van der Waals surface area contributed by atoms with Gasteiger partial charge in [-0.25, -0.2) is 23.5 Å². The van der Waals surface area contributed by atoms with Crippen molar-refractivity contribution in [1.82, 2.24) is 14.1 Å². The zero-order valence-electron chi connectivity index (χ0n) is 18.4. The van der Waals surface area contributed by atoms with Crippen LogP contribution in [0.1, 0.15) is 65.7 Å². The van der Waals surface area contributed by atoms with Crippen LogP contribution in [0.25, 0.3) is 0 Å². The normalized spacial score (nSPS) is 12.9. The Labute approximate surface area is 180 Å². The molecule has 2 atom stereocenters. The van der Waals surface area contributed by atoms with Gasteiger partial charge in [-0.05, 0) is 33.1 Å². The van der Waals surface area contributed by atoms with Crippen LogP contribution in [0.2, 0.25) is 0 Å². The first-order valence-corrected chi connectivity index (χ1v) is 10.6. The lowest BCUT2D eigenvalue weighted by molar-refractivity contribution is -0.149. The number of carbonyl (C=O) groups is 2. The minimum Gasteiger partial charge on any atom is -0.463 e. The van der Waals surface area contributed by atoms with Crippen molar-refractivity contribution in [2.45, 2.75) is 91.0 Å². The Bertz CT molecular complexity index is 818. The van der Waals surface area contributed by atoms with Gasteiger partial charge in [-0.1, -0.05) is 19.8 Å². The molecule has 0 aliphatic heterocycles. The van der Waals surface area contributed by atoms with Crippen LogP contribution in [0.4, 0.5) is 0 Å². The summed E-state index contributed by atoms with van der Waals surface area (Å²) in [5.41, 5.74) is -2.79. The van der Waals surface area contributed by atoms with Crippen LogP contribution in [0.5, 0.6) is 0 Å². The van der Waals surface area contributed by atoms with Crippen molar-refractivity contribution >= 4 is 11.9 Å². The largest absolute Gasteiger partial charge is 0.463 e. The van der Waals surface area contributed by atoms with Gasteiger partial charge >= 0.3 is 29.0 Å². The van der Waals surface area contributed by atoms with Gasteiger partial charge in [0.2, 0.25) is 0 Å². The summed E-state index contributed by atoms with van der Waals surface area (Å²) in [7, 11) is 0. The number of nitrogens with one attached hydrogen (secondary N) is 1. The summed E-state index contributed by atoms with van der Waals surface area (Å²) in [5, 5.41) is 8.79. The molecule has 2 unspecified atom stereocenters. The van der Waals surface area contributed by atoms with E-state index < -0.39 is 35.1 Å². The molecular formula is C20H33N3O8. The molecule has 1 heterocycles. The molecule has 0 spiro atoms. The first-order chi connectivity index (χ1) is 14.7. The summed E-state index contributed by atoms with van der Waals surface area (Å²) in [5.74, 6) is -1.16. The lowest BCUT2D eigenvalue weighted by Crippen LogP contribution is -2.50. The first-order valence-electron chi connectivity index (χ1n) is 10.6. The third-order valence-corrected chi connectivity index (χ3v) is 4.64. The minimum absolute atomic E-state index is 0.0145. The molecule has 1 aromatic rings. The number of H-pyrrole nitrogens is 1. The SMILES string of the molecule is CCCCC(C)OC(=O)CCn1c(=O)[nH]c(=O)n(CCC(=O)OC(C)CCCO)c1=O. The highest BCUT2D eigenvalue weighted by atomic mass is 16.5. The molecule has 0 bridgehead atoms. The van der Waals surface area contributed by atoms with E-state index in [4.69, 9.17) is 14.6 Å². The quantitative estimate of drug-likeness (QED) is 0.390. The number of ether oxygens (including phenoxy) is 2. The molecule has 1 aromatic heterocycles. The van der Waals surface area contributed by atoms with Gasteiger partial charge in [0.15, 0.2) is 0 Å². The molecule has 0 fully saturated rings. The van der Waals surface area contributed by atoms with E-state index in [1.807, 2.05) is 11.9 Å². The van der Waals surface area contributed by atoms with Crippen LogP contribution in [0, 0.1) is 0 Å². The van der Waals surface area contributed by atoms with Crippen molar-refractivity contribution in [3.63, 3.8) is 0 Å². The van der Waals surface area contributed by atoms with Gasteiger partial charge in [0.05, 0.1) is 25.0 Å². The molecule has 176 valence electrons. The predicted molar refractivity (Wildman–Crippen MR) is 112 cm³/mol. The topological polar surface area (TPSA) is 150 Å². The van der Waals surface area contributed by atoms with Crippen LogP contribution in [-0.4, -0.2) is 50.0 Å². The highest BCUT2D eigenvalue weighted by Crippen LogP contribution is 2.05. The smallest absolute Gasteiger partial charge is 0.336 e. The molecule has 1 rings (SSSR count). The summed E-state index contributed by atoms with van der Waals surface area (Å²) >= 11 is 0. The average Bonchev–Trinajstić information content (AvgIpc) is 2.70. The number of aromatic amines is 1. The van der Waals surface area contributed by atoms with E-state index in [9.17, 15) is 24.0 Å². The molecule has 11 nitrogen and oxygen atoms in total. The van der Waals surface area contributed by atoms with Gasteiger partial charge < -0.3 is 14.6 Å². The van der Waals surface area contributed by atoms with Gasteiger partial charge in [0, 0.05) is 19.7 Å². The fourth-order valence-corrected chi connectivity index (χ4v) is 2.90. The van der Waals surface area contributed by atoms with Crippen molar-refractivity contribution in [3.8, 4) is 0 Å². The summed E-state index contributed by atoms with van der Waals surface area (Å²) < 4.78 is 11.8. The summed E-state index contributed by atoms with van der Waals surface area (Å²) in [6.07, 6.45) is 2.46. The fraction of sp³-hybridized carbons (Fsp3) is 0.750. The Balaban J connectivity index is 2.75. The number of esters is 2. The van der Waals surface area contributed by atoms with Crippen LogP contribution in [-0.2, 0) is 32.2 Å². The molecule has 0 aliphatic carbocycles. The molecule has 0 amide bonds. The standard InChI is InChI=1S/C20H33N3O8/c1-4-5-7-14(2)30-16(25)9-11-22-18(27)21-19(28)23(20(22)29)12-10-17(26)31-15(3)8-6-13-24/h14-15,24H,4-13H2,1-3H3,(H,21,27,28). The van der Waals surface area contributed by atoms with Crippen LogP contribution >= 0.6 is 0 Å². The van der Waals surface area contributed by atoms with Crippen LogP contribution < -0.4 is 17.1 Å². The number of carbonyl (C=O) groups excluding carboxylic acids is 2. The van der Waals surface area contributed by atoms with E-state index in [0.717, 1.165) is 28.4 Å². The highest BCUT2D eigenvalue weighted by molar-refractivity contribution is 5.69. The molecular weight excluding hydrogens is 410 g/mol. The third-order valence-electron chi connectivity index (χ3n) is 4.64. The second-order valence-electron chi connectivity index (χ2n) is 7.43. The predicted octanol–water partition coefficient (Wildman–Crippen LogP) is 0.305. The van der Waals surface area contributed by atoms with Gasteiger partial charge in [0.25, 0.3) is 0 Å². The number of nitrogens with zero attached hydrogens (tertiary/aromatic N) is 2. The molecule has 11 heteroatoms. The number of aromatic nitrogens is 3. The van der Waals surface area contributed by atoms with E-state index in [2.05, 4.69) is 0 Å². The van der Waals surface area contributed by atoms with Gasteiger partial charge in [-0.3, -0.25) is 14.6 Å². The minimum atomic E-state index is -0.942. The molecule has 2 N–H and O–H groups in total. The van der Waals surface area contributed by atoms with E-state index in [0.29, 0.717) is 12.8 Å². The van der Waals surface area contributed by atoms with Crippen molar-refractivity contribution in [2.24, 2.45) is 0 Å². The zero-order valence-corrected chi connectivity index (χ0v) is 18.4. The van der Waals surface area contributed by atoms with E-state index in [1.165, 1.54) is 0 Å². The molecule has 0 aliphatic rings. The number of hydrogen-bond donors (Lipinski definition) is 2. The third kappa shape index (κ3) is 9.33. The average molecular weight is 443 g/mol. The Morgan fingerprint density at radius 3 is 1.77 bits per heavy atom. The van der Waals surface area contributed by atoms with Gasteiger partial charge in [-0.2, -0.15) is 0 Å². The number of unbranched alkanes of at least 4 members (excludes halogenated alkanes) is 1. The van der Waals surface area contributed by atoms with Crippen LogP contribution in [0.15, 0.2) is 14.4 Å². The summed E-state index contributed by atoms with van der Waals surface area (Å²) in [4.78, 5) is 62.4. The second-order valence-corrected chi connectivity index (χ2v) is 7.43. The first kappa shape index (κ1) is 26.3. The van der Waals surface area contributed by atoms with Gasteiger partial charge in [-0.15, -0.1) is 0 Å². The monoisotopic (exact) mass is 443 g/mol. The Hall–Kier alpha value is -2.69. The maximum atomic E-state index is 12.5. The van der Waals surface area contributed by atoms with Gasteiger partial charge in [0.1, 0.15) is 0 Å². The maximum absolute atomic E-state index is 12.5. The lowest BCUT2D eigenvalue weighted by Gasteiger charge is -2.14. The molecule has 0 aromatic carbocycles. The second kappa shape index (κ2) is 13.6. The number of hydrogen-bond acceptors (Lipinski definition) is 8. The fourth-order valence-electron chi connectivity index (χ4n) is 2.90. The highest BCUT2D eigenvalue weighted by Gasteiger charge is 2.16. The van der Waals surface area contributed by atoms with Crippen molar-refractivity contribution in [3.05, 3.63) is 31.5 Å². The van der Waals surface area contributed by atoms with E-state index in [-0.39, 0.29) is 38.6 Å². The zero-order chi connectivity index (χ0) is 23.4. The Morgan fingerprint density at radius 1 is 0.903 bits per heavy atom. The Morgan fingerprint density at radius 2 is 1.35 bits per heavy atom. The van der Waals surface area contributed by atoms with E-state index in [1.54, 1.807) is 13.8 Å². The number of aliphatic hydroxyl groups excluding tert-OH is 1. The lowest BCUT2D eigenvalue weighted by atomic mass is 10.2. The van der Waals surface area contributed by atoms with Crippen LogP contribution in [0.3, 0.4) is 0 Å². The van der Waals surface area contributed by atoms with Crippen molar-refractivity contribution < 1.29 is 24.2 Å². The van der Waals surface area contributed by atoms with Crippen molar-refractivity contribution in [1.29, 1.82) is 0 Å². The summed E-state index contributed by atoms with van der Waals surface area (Å²) in [6.45, 7) is 4.93. The molecule has 0 saturated carbocycles. The van der Waals surface area contributed by atoms with E-state index >= 15 is 0 Å². The number of aliphatic hydroxyl groups is 1.